The van der Waals surface area contributed by atoms with Crippen LogP contribution in [-0.2, 0) is 19.6 Å². The summed E-state index contributed by atoms with van der Waals surface area (Å²) in [5.74, 6) is -0.695. The first kappa shape index (κ1) is 25.0. The number of hydrogen-bond donors (Lipinski definition) is 1. The van der Waals surface area contributed by atoms with Gasteiger partial charge in [0.25, 0.3) is 10.0 Å². The second kappa shape index (κ2) is 10.3. The van der Waals surface area contributed by atoms with E-state index in [2.05, 4.69) is 10.2 Å². The first-order valence-corrected chi connectivity index (χ1v) is 13.8. The molecule has 4 rings (SSSR count). The van der Waals surface area contributed by atoms with Gasteiger partial charge in [0.1, 0.15) is 6.04 Å². The van der Waals surface area contributed by atoms with Gasteiger partial charge >= 0.3 is 0 Å². The molecule has 2 fully saturated rings. The Morgan fingerprint density at radius 1 is 1.09 bits per heavy atom. The Bertz CT molecular complexity index is 1080. The fourth-order valence-electron chi connectivity index (χ4n) is 5.13. The van der Waals surface area contributed by atoms with Gasteiger partial charge in [-0.25, -0.2) is 8.42 Å². The Morgan fingerprint density at radius 2 is 1.79 bits per heavy atom. The molecular weight excluding hydrogens is 476 g/mol. The summed E-state index contributed by atoms with van der Waals surface area (Å²) in [5, 5.41) is 3.05. The molecule has 0 spiro atoms. The van der Waals surface area contributed by atoms with E-state index in [0.29, 0.717) is 35.3 Å². The molecule has 1 aromatic rings. The summed E-state index contributed by atoms with van der Waals surface area (Å²) in [6, 6.07) is 2.30. The van der Waals surface area contributed by atoms with E-state index in [1.807, 2.05) is 4.90 Å². The number of hydrogen-bond acceptors (Lipinski definition) is 5. The number of aryl methyl sites for hydroxylation is 2. The molecule has 10 heteroatoms. The highest BCUT2D eigenvalue weighted by atomic mass is 35.5. The van der Waals surface area contributed by atoms with Crippen LogP contribution in [0.5, 0.6) is 0 Å². The topological polar surface area (TPSA) is 90.0 Å². The summed E-state index contributed by atoms with van der Waals surface area (Å²) in [5.41, 5.74) is 1.11. The Hall–Kier alpha value is -2.10. The van der Waals surface area contributed by atoms with Crippen molar-refractivity contribution in [1.82, 2.24) is 19.4 Å². The molecule has 3 aliphatic rings. The van der Waals surface area contributed by atoms with Crippen molar-refractivity contribution in [2.45, 2.75) is 69.4 Å². The highest BCUT2D eigenvalue weighted by molar-refractivity contribution is 7.89. The summed E-state index contributed by atoms with van der Waals surface area (Å²) < 4.78 is 28.2. The second-order valence-corrected chi connectivity index (χ2v) is 11.7. The van der Waals surface area contributed by atoms with Crippen LogP contribution >= 0.6 is 11.6 Å². The van der Waals surface area contributed by atoms with Crippen LogP contribution in [0.15, 0.2) is 29.4 Å². The van der Waals surface area contributed by atoms with Gasteiger partial charge in [-0.2, -0.15) is 0 Å². The summed E-state index contributed by atoms with van der Waals surface area (Å²) in [4.78, 5) is 30.5. The molecule has 3 heterocycles. The minimum atomic E-state index is -4.07. The van der Waals surface area contributed by atoms with Crippen LogP contribution in [0.2, 0.25) is 5.02 Å². The zero-order chi connectivity index (χ0) is 24.5. The van der Waals surface area contributed by atoms with Crippen LogP contribution < -0.4 is 5.32 Å². The molecule has 0 saturated carbocycles. The number of benzene rings is 1. The van der Waals surface area contributed by atoms with E-state index in [0.717, 1.165) is 36.7 Å². The molecule has 0 aromatic heterocycles. The van der Waals surface area contributed by atoms with Crippen molar-refractivity contribution in [2.24, 2.45) is 0 Å². The van der Waals surface area contributed by atoms with Crippen LogP contribution in [-0.4, -0.2) is 72.6 Å². The lowest BCUT2D eigenvalue weighted by molar-refractivity contribution is -0.136. The fourth-order valence-corrected chi connectivity index (χ4v) is 7.09. The molecule has 0 aliphatic carbocycles. The first-order chi connectivity index (χ1) is 16.2. The van der Waals surface area contributed by atoms with Gasteiger partial charge in [0.15, 0.2) is 0 Å². The van der Waals surface area contributed by atoms with Crippen LogP contribution in [0, 0.1) is 13.8 Å². The number of rotatable bonds is 5. The van der Waals surface area contributed by atoms with E-state index in [1.165, 1.54) is 31.3 Å². The Morgan fingerprint density at radius 3 is 2.53 bits per heavy atom. The maximum atomic E-state index is 13.6. The Balaban J connectivity index is 1.56. The van der Waals surface area contributed by atoms with Gasteiger partial charge < -0.3 is 10.2 Å². The number of sulfonamides is 1. The molecule has 2 amide bonds. The van der Waals surface area contributed by atoms with Gasteiger partial charge in [-0.1, -0.05) is 18.0 Å². The van der Waals surface area contributed by atoms with Crippen molar-refractivity contribution >= 4 is 33.4 Å². The monoisotopic (exact) mass is 508 g/mol. The van der Waals surface area contributed by atoms with E-state index in [9.17, 15) is 18.0 Å². The van der Waals surface area contributed by atoms with Gasteiger partial charge in [0.05, 0.1) is 11.3 Å². The van der Waals surface area contributed by atoms with Crippen molar-refractivity contribution in [2.75, 3.05) is 26.2 Å². The molecule has 2 saturated heterocycles. The van der Waals surface area contributed by atoms with Gasteiger partial charge in [0, 0.05) is 36.6 Å². The van der Waals surface area contributed by atoms with Crippen molar-refractivity contribution in [3.63, 3.8) is 0 Å². The molecule has 34 heavy (non-hydrogen) atoms. The standard InChI is InChI=1S/C24H33ClN4O4S/c1-17-14-22(18(2)13-20(17)25)34(32,33)29-12-8-26-24(31)21(29)15-23(30)28-11-4-3-7-19(16-28)27-9-5-6-10-27/h8,12-14,19,21H,3-7,9-11,15-16H2,1-2H3,(H,26,31)/t19-,21+/m0/s1. The zero-order valence-corrected chi connectivity index (χ0v) is 21.4. The van der Waals surface area contributed by atoms with Crippen molar-refractivity contribution in [1.29, 1.82) is 0 Å². The minimum absolute atomic E-state index is 0.0788. The normalized spacial score (nSPS) is 24.3. The quantitative estimate of drug-likeness (QED) is 0.660. The predicted octanol–water partition coefficient (Wildman–Crippen LogP) is 2.78. The van der Waals surface area contributed by atoms with Crippen molar-refractivity contribution < 1.29 is 18.0 Å². The molecule has 1 N–H and O–H groups in total. The van der Waals surface area contributed by atoms with E-state index < -0.39 is 22.0 Å². The SMILES string of the molecule is Cc1cc(S(=O)(=O)N2C=CNC(=O)[C@H]2CC(=O)N2CCCC[C@H](N3CCCC3)C2)c(C)cc1Cl. The fraction of sp³-hybridized carbons (Fsp3) is 0.583. The first-order valence-electron chi connectivity index (χ1n) is 12.0. The maximum absolute atomic E-state index is 13.6. The Labute approximate surface area is 207 Å². The molecular formula is C24H33ClN4O4S. The molecule has 2 atom stereocenters. The van der Waals surface area contributed by atoms with Crippen LogP contribution in [0.1, 0.15) is 49.7 Å². The van der Waals surface area contributed by atoms with Gasteiger partial charge in [0.2, 0.25) is 11.8 Å². The summed E-state index contributed by atoms with van der Waals surface area (Å²) in [6.45, 7) is 6.79. The smallest absolute Gasteiger partial charge is 0.264 e. The number of carbonyl (C=O) groups is 2. The summed E-state index contributed by atoms with van der Waals surface area (Å²) in [7, 11) is -4.07. The predicted molar refractivity (Wildman–Crippen MR) is 131 cm³/mol. The third-order valence-electron chi connectivity index (χ3n) is 7.09. The third-order valence-corrected chi connectivity index (χ3v) is 9.43. The van der Waals surface area contributed by atoms with Crippen LogP contribution in [0.25, 0.3) is 0 Å². The highest BCUT2D eigenvalue weighted by Gasteiger charge is 2.39. The zero-order valence-electron chi connectivity index (χ0n) is 19.8. The minimum Gasteiger partial charge on any atom is -0.341 e. The van der Waals surface area contributed by atoms with Gasteiger partial charge in [-0.15, -0.1) is 0 Å². The molecule has 186 valence electrons. The van der Waals surface area contributed by atoms with Gasteiger partial charge in [-0.05, 0) is 75.9 Å². The second-order valence-electron chi connectivity index (χ2n) is 9.48. The van der Waals surface area contributed by atoms with E-state index in [4.69, 9.17) is 11.6 Å². The lowest BCUT2D eigenvalue weighted by Gasteiger charge is -2.34. The number of carbonyl (C=O) groups excluding carboxylic acids is 2. The average molecular weight is 509 g/mol. The molecule has 1 aromatic carbocycles. The molecule has 3 aliphatic heterocycles. The maximum Gasteiger partial charge on any atom is 0.264 e. The summed E-state index contributed by atoms with van der Waals surface area (Å²) in [6.07, 6.45) is 7.85. The largest absolute Gasteiger partial charge is 0.341 e. The van der Waals surface area contributed by atoms with Crippen molar-refractivity contribution in [3.8, 4) is 0 Å². The lowest BCUT2D eigenvalue weighted by atomic mass is 10.1. The van der Waals surface area contributed by atoms with Crippen molar-refractivity contribution in [3.05, 3.63) is 40.7 Å². The third kappa shape index (κ3) is 5.11. The molecule has 8 nitrogen and oxygen atoms in total. The number of likely N-dealkylation sites (tertiary alicyclic amines) is 2. The Kier molecular flexibility index (Phi) is 7.54. The number of nitrogens with zero attached hydrogens (tertiary/aromatic N) is 3. The number of amides is 2. The number of nitrogens with one attached hydrogen (secondary N) is 1. The van der Waals surface area contributed by atoms with E-state index in [-0.39, 0.29) is 17.2 Å². The van der Waals surface area contributed by atoms with Crippen LogP contribution in [0.4, 0.5) is 0 Å². The lowest BCUT2D eigenvalue weighted by Crippen LogP contribution is -2.52. The molecule has 0 bridgehead atoms. The van der Waals surface area contributed by atoms with E-state index >= 15 is 0 Å². The molecule has 0 radical (unpaired) electrons. The van der Waals surface area contributed by atoms with Gasteiger partial charge in [-0.3, -0.25) is 18.8 Å². The van der Waals surface area contributed by atoms with Crippen LogP contribution in [0.3, 0.4) is 0 Å². The number of halogens is 1. The summed E-state index contributed by atoms with van der Waals surface area (Å²) >= 11 is 6.16. The van der Waals surface area contributed by atoms with E-state index in [1.54, 1.807) is 19.9 Å². The molecule has 0 unspecified atom stereocenters. The average Bonchev–Trinajstić information content (AvgIpc) is 3.21. The highest BCUT2D eigenvalue weighted by Crippen LogP contribution is 2.29.